The van der Waals surface area contributed by atoms with Crippen LogP contribution in [0.4, 0.5) is 5.69 Å². The van der Waals surface area contributed by atoms with E-state index in [4.69, 9.17) is 53.8 Å². The van der Waals surface area contributed by atoms with E-state index in [1.165, 1.54) is 88.2 Å². The minimum absolute atomic E-state index is 0.116. The Morgan fingerprint density at radius 1 is 0.705 bits per heavy atom. The molecule has 226 valence electrons. The molecule has 0 bridgehead atoms. The van der Waals surface area contributed by atoms with Crippen LogP contribution in [0, 0.1) is 0 Å². The van der Waals surface area contributed by atoms with Gasteiger partial charge in [0.1, 0.15) is 5.75 Å². The van der Waals surface area contributed by atoms with Gasteiger partial charge in [0.05, 0.1) is 38.1 Å². The zero-order valence-electron chi connectivity index (χ0n) is 23.4. The molecule has 0 heterocycles. The number of carbonyl (C=O) groups excluding carboxylic acids is 3. The van der Waals surface area contributed by atoms with Crippen LogP contribution in [0.3, 0.4) is 0 Å². The number of hydrogen-bond acceptors (Lipinski definition) is 8. The number of halogens is 3. The van der Waals surface area contributed by atoms with E-state index in [-0.39, 0.29) is 27.5 Å². The molecule has 4 aromatic carbocycles. The number of hydrogen-bond donors (Lipinski definition) is 2. The fraction of sp³-hybridized carbons (Fsp3) is 0.0968. The summed E-state index contributed by atoms with van der Waals surface area (Å²) in [5.74, 6) is -0.516. The molecule has 0 atom stereocenters. The average molecular weight is 657 g/mol. The molecular formula is C31H24Cl3N3O7. The molecule has 0 aliphatic heterocycles. The zero-order chi connectivity index (χ0) is 31.8. The van der Waals surface area contributed by atoms with Crippen molar-refractivity contribution in [3.8, 4) is 23.0 Å². The Morgan fingerprint density at radius 3 is 1.95 bits per heavy atom. The van der Waals surface area contributed by atoms with Gasteiger partial charge in [0.2, 0.25) is 5.75 Å². The Bertz CT molecular complexity index is 1720. The average Bonchev–Trinajstić information content (AvgIpc) is 3.01. The number of methoxy groups -OCH3 is 3. The molecule has 13 heteroatoms. The van der Waals surface area contributed by atoms with E-state index in [1.807, 2.05) is 0 Å². The normalized spacial score (nSPS) is 10.7. The predicted molar refractivity (Wildman–Crippen MR) is 168 cm³/mol. The molecule has 0 aliphatic rings. The lowest BCUT2D eigenvalue weighted by atomic mass is 10.1. The fourth-order valence-corrected chi connectivity index (χ4v) is 4.53. The first-order valence-electron chi connectivity index (χ1n) is 12.6. The Hall–Kier alpha value is -4.77. The molecule has 0 fully saturated rings. The fourth-order valence-electron chi connectivity index (χ4n) is 3.87. The lowest BCUT2D eigenvalue weighted by Crippen LogP contribution is -2.18. The summed E-state index contributed by atoms with van der Waals surface area (Å²) in [6.45, 7) is 0. The number of hydrazone groups is 1. The van der Waals surface area contributed by atoms with Crippen LogP contribution < -0.4 is 29.7 Å². The molecule has 0 radical (unpaired) electrons. The van der Waals surface area contributed by atoms with Crippen LogP contribution >= 0.6 is 34.8 Å². The Morgan fingerprint density at radius 2 is 1.34 bits per heavy atom. The van der Waals surface area contributed by atoms with Gasteiger partial charge in [-0.3, -0.25) is 9.59 Å². The lowest BCUT2D eigenvalue weighted by molar-refractivity contribution is 0.0734. The van der Waals surface area contributed by atoms with Gasteiger partial charge >= 0.3 is 5.97 Å². The number of amides is 2. The monoisotopic (exact) mass is 655 g/mol. The van der Waals surface area contributed by atoms with Gasteiger partial charge < -0.3 is 24.3 Å². The molecule has 0 aliphatic carbocycles. The van der Waals surface area contributed by atoms with Crippen molar-refractivity contribution in [3.05, 3.63) is 110 Å². The molecule has 10 nitrogen and oxygen atoms in total. The number of anilines is 1. The van der Waals surface area contributed by atoms with E-state index < -0.39 is 17.8 Å². The first kappa shape index (κ1) is 32.2. The third kappa shape index (κ3) is 7.78. The molecule has 2 N–H and O–H groups in total. The van der Waals surface area contributed by atoms with E-state index in [0.717, 1.165) is 0 Å². The first-order valence-corrected chi connectivity index (χ1v) is 13.8. The van der Waals surface area contributed by atoms with Gasteiger partial charge in [-0.25, -0.2) is 10.2 Å². The van der Waals surface area contributed by atoms with Gasteiger partial charge in [-0.2, -0.15) is 5.10 Å². The smallest absolute Gasteiger partial charge is 0.345 e. The largest absolute Gasteiger partial charge is 0.493 e. The van der Waals surface area contributed by atoms with Crippen molar-refractivity contribution in [2.45, 2.75) is 0 Å². The van der Waals surface area contributed by atoms with E-state index >= 15 is 0 Å². The van der Waals surface area contributed by atoms with E-state index in [2.05, 4.69) is 15.8 Å². The van der Waals surface area contributed by atoms with Gasteiger partial charge in [0.15, 0.2) is 11.5 Å². The third-order valence-electron chi connectivity index (χ3n) is 6.03. The summed E-state index contributed by atoms with van der Waals surface area (Å²) in [5.41, 5.74) is 3.82. The van der Waals surface area contributed by atoms with Crippen molar-refractivity contribution in [2.24, 2.45) is 5.10 Å². The van der Waals surface area contributed by atoms with Gasteiger partial charge in [-0.05, 0) is 72.8 Å². The van der Waals surface area contributed by atoms with Gasteiger partial charge in [0.25, 0.3) is 11.8 Å². The summed E-state index contributed by atoms with van der Waals surface area (Å²) in [7, 11) is 4.37. The SMILES string of the molecule is COc1cc(C(=O)Nc2ccc(C(=O)N/N=C/c3cc(Cl)ccc3OC(=O)c3ccc(Cl)cc3Cl)cc2)cc(OC)c1OC. The highest BCUT2D eigenvalue weighted by atomic mass is 35.5. The molecular weight excluding hydrogens is 633 g/mol. The molecule has 0 saturated carbocycles. The second-order valence-electron chi connectivity index (χ2n) is 8.84. The molecule has 0 aromatic heterocycles. The van der Waals surface area contributed by atoms with Crippen LogP contribution in [0.2, 0.25) is 15.1 Å². The van der Waals surface area contributed by atoms with E-state index in [1.54, 1.807) is 12.1 Å². The van der Waals surface area contributed by atoms with Gasteiger partial charge in [-0.1, -0.05) is 34.8 Å². The maximum Gasteiger partial charge on any atom is 0.345 e. The van der Waals surface area contributed by atoms with Crippen molar-refractivity contribution in [3.63, 3.8) is 0 Å². The third-order valence-corrected chi connectivity index (χ3v) is 6.81. The molecule has 0 unspecified atom stereocenters. The summed E-state index contributed by atoms with van der Waals surface area (Å²) in [5, 5.41) is 7.57. The summed E-state index contributed by atoms with van der Waals surface area (Å²) in [6.07, 6.45) is 1.28. The summed E-state index contributed by atoms with van der Waals surface area (Å²) in [4.78, 5) is 38.2. The summed E-state index contributed by atoms with van der Waals surface area (Å²) < 4.78 is 21.4. The molecule has 2 amide bonds. The quantitative estimate of drug-likeness (QED) is 0.0823. The number of carbonyl (C=O) groups is 3. The Balaban J connectivity index is 1.41. The number of rotatable bonds is 10. The first-order chi connectivity index (χ1) is 21.1. The van der Waals surface area contributed by atoms with Crippen molar-refractivity contribution in [1.29, 1.82) is 0 Å². The van der Waals surface area contributed by atoms with Crippen molar-refractivity contribution >= 4 is 64.5 Å². The van der Waals surface area contributed by atoms with Gasteiger partial charge in [-0.15, -0.1) is 0 Å². The number of ether oxygens (including phenoxy) is 4. The topological polar surface area (TPSA) is 125 Å². The molecule has 44 heavy (non-hydrogen) atoms. The van der Waals surface area contributed by atoms with Crippen LogP contribution in [0.15, 0.2) is 77.9 Å². The number of nitrogens with zero attached hydrogens (tertiary/aromatic N) is 1. The van der Waals surface area contributed by atoms with E-state index in [0.29, 0.717) is 38.5 Å². The second-order valence-corrected chi connectivity index (χ2v) is 10.1. The highest BCUT2D eigenvalue weighted by Gasteiger charge is 2.18. The minimum atomic E-state index is -0.717. The zero-order valence-corrected chi connectivity index (χ0v) is 25.7. The molecule has 0 saturated heterocycles. The predicted octanol–water partition coefficient (Wildman–Crippen LogP) is 6.91. The standard InChI is InChI=1S/C31H24Cl3N3O7/c1-41-26-13-18(14-27(42-2)28(26)43-3)29(38)36-22-8-4-17(5-9-22)30(39)37-35-16-19-12-20(32)7-11-25(19)44-31(40)23-10-6-21(33)15-24(23)34/h4-16H,1-3H3,(H,36,38)(H,37,39)/b35-16+. The molecule has 4 rings (SSSR count). The summed E-state index contributed by atoms with van der Waals surface area (Å²) >= 11 is 18.1. The van der Waals surface area contributed by atoms with Crippen LogP contribution in [0.25, 0.3) is 0 Å². The van der Waals surface area contributed by atoms with Crippen molar-refractivity contribution in [2.75, 3.05) is 26.6 Å². The summed E-state index contributed by atoms with van der Waals surface area (Å²) in [6, 6.07) is 18.1. The van der Waals surface area contributed by atoms with Crippen LogP contribution in [0.1, 0.15) is 36.6 Å². The minimum Gasteiger partial charge on any atom is -0.493 e. The van der Waals surface area contributed by atoms with Crippen LogP contribution in [0.5, 0.6) is 23.0 Å². The van der Waals surface area contributed by atoms with Crippen LogP contribution in [-0.4, -0.2) is 45.3 Å². The van der Waals surface area contributed by atoms with Crippen molar-refractivity contribution < 1.29 is 33.3 Å². The number of esters is 1. The Labute approximate surface area is 267 Å². The lowest BCUT2D eigenvalue weighted by Gasteiger charge is -2.14. The highest BCUT2D eigenvalue weighted by Crippen LogP contribution is 2.38. The second kappa shape index (κ2) is 14.6. The van der Waals surface area contributed by atoms with Crippen LogP contribution in [-0.2, 0) is 0 Å². The molecule has 4 aromatic rings. The maximum atomic E-state index is 12.9. The number of benzene rings is 4. The van der Waals surface area contributed by atoms with Gasteiger partial charge in [0, 0.05) is 32.4 Å². The van der Waals surface area contributed by atoms with E-state index in [9.17, 15) is 14.4 Å². The Kier molecular flexibility index (Phi) is 10.7. The maximum absolute atomic E-state index is 12.9. The highest BCUT2D eigenvalue weighted by molar-refractivity contribution is 6.36. The van der Waals surface area contributed by atoms with Crippen molar-refractivity contribution in [1.82, 2.24) is 5.43 Å². The number of nitrogens with one attached hydrogen (secondary N) is 2. The molecule has 0 spiro atoms.